The molecule has 3 aliphatic rings. The van der Waals surface area contributed by atoms with Crippen LogP contribution in [0.5, 0.6) is 11.5 Å². The highest BCUT2D eigenvalue weighted by molar-refractivity contribution is 7.81. The summed E-state index contributed by atoms with van der Waals surface area (Å²) in [4.78, 5) is 17.8. The van der Waals surface area contributed by atoms with Gasteiger partial charge in [0.15, 0.2) is 5.75 Å². The predicted octanol–water partition coefficient (Wildman–Crippen LogP) is 3.62. The van der Waals surface area contributed by atoms with Gasteiger partial charge >= 0.3 is 0 Å². The Morgan fingerprint density at radius 1 is 1.29 bits per heavy atom. The quantitative estimate of drug-likeness (QED) is 0.398. The Morgan fingerprint density at radius 2 is 2.18 bits per heavy atom. The van der Waals surface area contributed by atoms with Crippen molar-refractivity contribution >= 4 is 40.4 Å². The lowest BCUT2D eigenvalue weighted by molar-refractivity contribution is -0.118. The fourth-order valence-electron chi connectivity index (χ4n) is 5.16. The number of para-hydroxylation sites is 1. The zero-order valence-electron chi connectivity index (χ0n) is 21.1. The van der Waals surface area contributed by atoms with E-state index >= 15 is 0 Å². The molecule has 2 aromatic rings. The fraction of sp³-hybridized carbons (Fsp3) is 0.444. The van der Waals surface area contributed by atoms with E-state index in [2.05, 4.69) is 20.9 Å². The number of nitrogens with zero attached hydrogens (tertiary/aromatic N) is 1. The van der Waals surface area contributed by atoms with Crippen LogP contribution < -0.4 is 25.4 Å². The third-order valence-electron chi connectivity index (χ3n) is 7.00. The number of fused-ring (bicyclic) bond motifs is 1. The Morgan fingerprint density at radius 3 is 3.00 bits per heavy atom. The van der Waals surface area contributed by atoms with Gasteiger partial charge in [-0.05, 0) is 31.0 Å². The summed E-state index contributed by atoms with van der Waals surface area (Å²) < 4.78 is 22.7. The largest absolute Gasteiger partial charge is 0.493 e. The average Bonchev–Trinajstić information content (AvgIpc) is 3.39. The van der Waals surface area contributed by atoms with Crippen molar-refractivity contribution in [2.75, 3.05) is 38.9 Å². The van der Waals surface area contributed by atoms with Gasteiger partial charge in [-0.15, -0.1) is 0 Å². The molecule has 1 amide bonds. The number of aromatic nitrogens is 1. The van der Waals surface area contributed by atoms with E-state index < -0.39 is 0 Å². The lowest BCUT2D eigenvalue weighted by atomic mass is 9.90. The molecule has 3 N–H and O–H groups in total. The molecule has 1 aliphatic carbocycles. The van der Waals surface area contributed by atoms with Crippen molar-refractivity contribution in [1.29, 1.82) is 0 Å². The number of carbonyl (C=O) groups is 1. The van der Waals surface area contributed by atoms with Crippen LogP contribution in [0.4, 0.5) is 5.69 Å². The first-order chi connectivity index (χ1) is 18.5. The molecule has 0 spiro atoms. The van der Waals surface area contributed by atoms with Gasteiger partial charge in [0.1, 0.15) is 23.4 Å². The zero-order chi connectivity index (χ0) is 26.5. The highest BCUT2D eigenvalue weighted by Crippen LogP contribution is 2.37. The number of benzene rings is 1. The average molecular weight is 559 g/mol. The predicted molar refractivity (Wildman–Crippen MR) is 148 cm³/mol. The third-order valence-corrected chi connectivity index (χ3v) is 7.60. The molecule has 1 unspecified atom stereocenters. The molecule has 0 bridgehead atoms. The summed E-state index contributed by atoms with van der Waals surface area (Å²) >= 11 is 12.1. The molecule has 3 heterocycles. The first-order valence-electron chi connectivity index (χ1n) is 12.7. The smallest absolute Gasteiger partial charge is 0.256 e. The Hall–Kier alpha value is -2.92. The van der Waals surface area contributed by atoms with Crippen molar-refractivity contribution in [3.05, 3.63) is 58.5 Å². The maximum atomic E-state index is 13.3. The first-order valence-corrected chi connectivity index (χ1v) is 13.5. The Kier molecular flexibility index (Phi) is 8.63. The number of hydrogen-bond acceptors (Lipinski definition) is 8. The van der Waals surface area contributed by atoms with E-state index in [4.69, 9.17) is 42.8 Å². The number of ether oxygens (including phenoxy) is 4. The molecule has 1 saturated heterocycles. The number of anilines is 1. The molecule has 1 saturated carbocycles. The maximum absolute atomic E-state index is 13.3. The summed E-state index contributed by atoms with van der Waals surface area (Å²) in [5, 5.41) is 10.3. The molecule has 202 valence electrons. The van der Waals surface area contributed by atoms with E-state index in [-0.39, 0.29) is 24.0 Å². The van der Waals surface area contributed by atoms with E-state index in [1.165, 1.54) is 0 Å². The van der Waals surface area contributed by atoms with Crippen molar-refractivity contribution < 1.29 is 23.7 Å². The molecule has 38 heavy (non-hydrogen) atoms. The van der Waals surface area contributed by atoms with Crippen LogP contribution in [-0.2, 0) is 20.8 Å². The SMILES string of the molecule is COc1c(Cl)cccc1NC(=S)C1=C(NCc2ccncc2OCC2COCCO2)[C@H]2CCC[C@H]2NC1=O. The first kappa shape index (κ1) is 26.7. The van der Waals surface area contributed by atoms with Gasteiger partial charge < -0.3 is 34.9 Å². The lowest BCUT2D eigenvalue weighted by Crippen LogP contribution is -2.48. The summed E-state index contributed by atoms with van der Waals surface area (Å²) in [7, 11) is 1.54. The van der Waals surface area contributed by atoms with E-state index in [9.17, 15) is 4.79 Å². The minimum atomic E-state index is -0.199. The number of pyridine rings is 1. The minimum Gasteiger partial charge on any atom is -0.493 e. The van der Waals surface area contributed by atoms with E-state index in [0.717, 1.165) is 30.5 Å². The molecule has 9 nitrogen and oxygen atoms in total. The van der Waals surface area contributed by atoms with Crippen molar-refractivity contribution in [2.45, 2.75) is 38.0 Å². The number of hydrogen-bond donors (Lipinski definition) is 3. The van der Waals surface area contributed by atoms with Crippen LogP contribution >= 0.6 is 23.8 Å². The maximum Gasteiger partial charge on any atom is 0.256 e. The van der Waals surface area contributed by atoms with E-state index in [0.29, 0.717) is 65.7 Å². The summed E-state index contributed by atoms with van der Waals surface area (Å²) in [6, 6.07) is 7.33. The summed E-state index contributed by atoms with van der Waals surface area (Å²) in [5.41, 5.74) is 2.77. The minimum absolute atomic E-state index is 0.0777. The number of amides is 1. The summed E-state index contributed by atoms with van der Waals surface area (Å²) in [6.45, 7) is 2.48. The Bertz CT molecular complexity index is 1220. The normalized spacial score (nSPS) is 22.9. The molecule has 2 aliphatic heterocycles. The van der Waals surface area contributed by atoms with Gasteiger partial charge in [0.05, 0.1) is 49.4 Å². The number of rotatable bonds is 9. The van der Waals surface area contributed by atoms with Crippen LogP contribution in [0, 0.1) is 5.92 Å². The molecule has 3 atom stereocenters. The van der Waals surface area contributed by atoms with Gasteiger partial charge in [-0.3, -0.25) is 9.78 Å². The second-order valence-electron chi connectivity index (χ2n) is 9.40. The monoisotopic (exact) mass is 558 g/mol. The number of methoxy groups -OCH3 is 1. The van der Waals surface area contributed by atoms with Gasteiger partial charge in [0.25, 0.3) is 5.91 Å². The Balaban J connectivity index is 1.38. The molecule has 0 radical (unpaired) electrons. The second kappa shape index (κ2) is 12.3. The van der Waals surface area contributed by atoms with Crippen LogP contribution in [0.1, 0.15) is 24.8 Å². The standard InChI is InChI=1S/C27H31ClN4O5S/c1-34-25-19(28)5-3-7-21(25)32-27(38)23-24(18-4-2-6-20(18)31-26(23)33)30-12-16-8-9-29-13-22(16)37-15-17-14-35-10-11-36-17/h3,5,7-9,13,17-18,20,30H,2,4,6,10-12,14-15H2,1H3,(H,31,33)(H,32,38)/t17?,18-,20+/m0/s1. The summed E-state index contributed by atoms with van der Waals surface area (Å²) in [5.74, 6) is 1.06. The molecule has 5 rings (SSSR count). The lowest BCUT2D eigenvalue weighted by Gasteiger charge is -2.33. The van der Waals surface area contributed by atoms with Crippen LogP contribution in [0.2, 0.25) is 5.02 Å². The second-order valence-corrected chi connectivity index (χ2v) is 10.2. The molecule has 2 fully saturated rings. The molecule has 1 aromatic heterocycles. The topological polar surface area (TPSA) is 103 Å². The zero-order valence-corrected chi connectivity index (χ0v) is 22.7. The van der Waals surface area contributed by atoms with Crippen LogP contribution in [0.25, 0.3) is 0 Å². The van der Waals surface area contributed by atoms with Crippen molar-refractivity contribution in [3.8, 4) is 11.5 Å². The summed E-state index contributed by atoms with van der Waals surface area (Å²) in [6.07, 6.45) is 6.22. The van der Waals surface area contributed by atoms with Gasteiger partial charge in [-0.25, -0.2) is 0 Å². The van der Waals surface area contributed by atoms with Gasteiger partial charge in [0, 0.05) is 36.0 Å². The number of carbonyl (C=O) groups excluding carboxylic acids is 1. The fourth-order valence-corrected chi connectivity index (χ4v) is 5.73. The van der Waals surface area contributed by atoms with Crippen molar-refractivity contribution in [2.24, 2.45) is 5.92 Å². The van der Waals surface area contributed by atoms with Gasteiger partial charge in [-0.2, -0.15) is 0 Å². The molecule has 1 aromatic carbocycles. The van der Waals surface area contributed by atoms with Gasteiger partial charge in [0.2, 0.25) is 0 Å². The molecular weight excluding hydrogens is 528 g/mol. The van der Waals surface area contributed by atoms with Crippen LogP contribution in [-0.4, -0.2) is 61.6 Å². The van der Waals surface area contributed by atoms with Crippen LogP contribution in [0.15, 0.2) is 47.9 Å². The Labute approximate surface area is 232 Å². The highest BCUT2D eigenvalue weighted by Gasteiger charge is 2.40. The molecule has 11 heteroatoms. The van der Waals surface area contributed by atoms with Crippen molar-refractivity contribution in [1.82, 2.24) is 15.6 Å². The molecular formula is C27H31ClN4O5S. The highest BCUT2D eigenvalue weighted by atomic mass is 35.5. The number of thiocarbonyl (C=S) groups is 1. The van der Waals surface area contributed by atoms with Crippen LogP contribution in [0.3, 0.4) is 0 Å². The van der Waals surface area contributed by atoms with Crippen molar-refractivity contribution in [3.63, 3.8) is 0 Å². The van der Waals surface area contributed by atoms with E-state index in [1.54, 1.807) is 31.6 Å². The van der Waals surface area contributed by atoms with E-state index in [1.807, 2.05) is 12.1 Å². The van der Waals surface area contributed by atoms with Gasteiger partial charge in [-0.1, -0.05) is 36.3 Å². The number of halogens is 1. The third kappa shape index (κ3) is 5.88. The number of nitrogens with one attached hydrogen (secondary N) is 3.